The van der Waals surface area contributed by atoms with Gasteiger partial charge in [-0.25, -0.2) is 4.98 Å². The zero-order valence-electron chi connectivity index (χ0n) is 10.6. The zero-order chi connectivity index (χ0) is 14.5. The van der Waals surface area contributed by atoms with Crippen molar-refractivity contribution in [2.24, 2.45) is 0 Å². The van der Waals surface area contributed by atoms with E-state index >= 15 is 0 Å². The lowest BCUT2D eigenvalue weighted by molar-refractivity contribution is 0.102. The second-order valence-corrected chi connectivity index (χ2v) is 4.58. The number of anilines is 1. The van der Waals surface area contributed by atoms with Crippen molar-refractivity contribution < 1.29 is 9.53 Å². The van der Waals surface area contributed by atoms with Gasteiger partial charge in [0.15, 0.2) is 0 Å². The van der Waals surface area contributed by atoms with Crippen molar-refractivity contribution in [1.82, 2.24) is 9.97 Å². The van der Waals surface area contributed by atoms with E-state index in [9.17, 15) is 4.79 Å². The fraction of sp³-hybridized carbons (Fsp3) is 0.154. The molecule has 0 spiro atoms. The van der Waals surface area contributed by atoms with E-state index in [1.54, 1.807) is 18.2 Å². The van der Waals surface area contributed by atoms with E-state index in [0.717, 1.165) is 0 Å². The maximum absolute atomic E-state index is 12.1. The van der Waals surface area contributed by atoms with Crippen LogP contribution in [0.25, 0.3) is 0 Å². The molecular weight excluding hydrogens is 301 g/mol. The first-order chi connectivity index (χ1) is 9.60. The van der Waals surface area contributed by atoms with Crippen molar-refractivity contribution in [1.29, 1.82) is 0 Å². The van der Waals surface area contributed by atoms with Crippen LogP contribution in [0.2, 0.25) is 10.2 Å². The van der Waals surface area contributed by atoms with Crippen molar-refractivity contribution in [3.05, 3.63) is 46.5 Å². The second kappa shape index (κ2) is 6.54. The van der Waals surface area contributed by atoms with Gasteiger partial charge >= 0.3 is 0 Å². The molecule has 0 bridgehead atoms. The monoisotopic (exact) mass is 311 g/mol. The Bertz CT molecular complexity index is 635. The number of benzene rings is 1. The Kier molecular flexibility index (Phi) is 4.76. The van der Waals surface area contributed by atoms with Crippen molar-refractivity contribution in [3.8, 4) is 5.75 Å². The maximum Gasteiger partial charge on any atom is 0.276 e. The van der Waals surface area contributed by atoms with E-state index in [-0.39, 0.29) is 10.8 Å². The van der Waals surface area contributed by atoms with Gasteiger partial charge in [-0.15, -0.1) is 0 Å². The highest BCUT2D eigenvalue weighted by Gasteiger charge is 2.12. The Morgan fingerprint density at radius 3 is 2.85 bits per heavy atom. The summed E-state index contributed by atoms with van der Waals surface area (Å²) in [5.41, 5.74) is 0.575. The molecule has 0 saturated carbocycles. The van der Waals surface area contributed by atoms with E-state index in [4.69, 9.17) is 27.9 Å². The average molecular weight is 312 g/mol. The van der Waals surface area contributed by atoms with Gasteiger partial charge in [0.2, 0.25) is 0 Å². The molecule has 1 N–H and O–H groups in total. The third-order valence-electron chi connectivity index (χ3n) is 2.33. The molecule has 0 saturated heterocycles. The maximum atomic E-state index is 12.1. The first kappa shape index (κ1) is 14.6. The predicted octanol–water partition coefficient (Wildman–Crippen LogP) is 3.43. The molecule has 0 aliphatic heterocycles. The van der Waals surface area contributed by atoms with E-state index in [0.29, 0.717) is 23.1 Å². The van der Waals surface area contributed by atoms with Gasteiger partial charge < -0.3 is 10.1 Å². The molecule has 20 heavy (non-hydrogen) atoms. The highest BCUT2D eigenvalue weighted by Crippen LogP contribution is 2.28. The van der Waals surface area contributed by atoms with Crippen molar-refractivity contribution in [2.75, 3.05) is 11.9 Å². The van der Waals surface area contributed by atoms with Crippen LogP contribution in [0.5, 0.6) is 5.75 Å². The van der Waals surface area contributed by atoms with Crippen molar-refractivity contribution in [3.63, 3.8) is 0 Å². The lowest BCUT2D eigenvalue weighted by atomic mass is 10.2. The molecule has 5 nitrogen and oxygen atoms in total. The standard InChI is InChI=1S/C13H11Cl2N3O2/c1-2-20-11-4-3-8(14)5-9(11)18-13(19)10-6-16-7-12(15)17-10/h3-7H,2H2,1H3,(H,18,19). The summed E-state index contributed by atoms with van der Waals surface area (Å²) in [4.78, 5) is 19.8. The van der Waals surface area contributed by atoms with Gasteiger partial charge in [-0.3, -0.25) is 9.78 Å². The first-order valence-electron chi connectivity index (χ1n) is 5.81. The van der Waals surface area contributed by atoms with Gasteiger partial charge in [0, 0.05) is 5.02 Å². The number of amides is 1. The van der Waals surface area contributed by atoms with Crippen LogP contribution in [0.3, 0.4) is 0 Å². The van der Waals surface area contributed by atoms with Gasteiger partial charge in [0.25, 0.3) is 5.91 Å². The first-order valence-corrected chi connectivity index (χ1v) is 6.57. The van der Waals surface area contributed by atoms with E-state index in [2.05, 4.69) is 15.3 Å². The Hall–Kier alpha value is -1.85. The third-order valence-corrected chi connectivity index (χ3v) is 2.74. The van der Waals surface area contributed by atoms with Crippen LogP contribution in [0.1, 0.15) is 17.4 Å². The van der Waals surface area contributed by atoms with Gasteiger partial charge in [-0.2, -0.15) is 0 Å². The van der Waals surface area contributed by atoms with E-state index in [1.807, 2.05) is 6.92 Å². The molecule has 1 heterocycles. The highest BCUT2D eigenvalue weighted by molar-refractivity contribution is 6.31. The minimum absolute atomic E-state index is 0.111. The van der Waals surface area contributed by atoms with Crippen LogP contribution in [-0.4, -0.2) is 22.5 Å². The third kappa shape index (κ3) is 3.59. The van der Waals surface area contributed by atoms with Crippen LogP contribution in [-0.2, 0) is 0 Å². The fourth-order valence-corrected chi connectivity index (χ4v) is 1.84. The number of hydrogen-bond donors (Lipinski definition) is 1. The summed E-state index contributed by atoms with van der Waals surface area (Å²) in [5.74, 6) is 0.0865. The number of halogens is 2. The molecule has 1 amide bonds. The van der Waals surface area contributed by atoms with Crippen LogP contribution < -0.4 is 10.1 Å². The SMILES string of the molecule is CCOc1ccc(Cl)cc1NC(=O)c1cncc(Cl)n1. The average Bonchev–Trinajstić information content (AvgIpc) is 2.42. The van der Waals surface area contributed by atoms with Crippen LogP contribution >= 0.6 is 23.2 Å². The minimum Gasteiger partial charge on any atom is -0.492 e. The Balaban J connectivity index is 2.25. The molecule has 0 aliphatic rings. The topological polar surface area (TPSA) is 64.1 Å². The fourth-order valence-electron chi connectivity index (χ4n) is 1.52. The number of carbonyl (C=O) groups excluding carboxylic acids is 1. The summed E-state index contributed by atoms with van der Waals surface area (Å²) < 4.78 is 5.42. The number of rotatable bonds is 4. The minimum atomic E-state index is -0.441. The van der Waals surface area contributed by atoms with Crippen LogP contribution in [0, 0.1) is 0 Å². The van der Waals surface area contributed by atoms with Crippen LogP contribution in [0.15, 0.2) is 30.6 Å². The predicted molar refractivity (Wildman–Crippen MR) is 77.6 cm³/mol. The number of hydrogen-bond acceptors (Lipinski definition) is 4. The number of aromatic nitrogens is 2. The number of nitrogens with one attached hydrogen (secondary N) is 1. The molecule has 0 aliphatic carbocycles. The van der Waals surface area contributed by atoms with Gasteiger partial charge in [0.1, 0.15) is 16.6 Å². The largest absolute Gasteiger partial charge is 0.492 e. The summed E-state index contributed by atoms with van der Waals surface area (Å²) >= 11 is 11.6. The summed E-state index contributed by atoms with van der Waals surface area (Å²) in [6, 6.07) is 4.97. The van der Waals surface area contributed by atoms with Gasteiger partial charge in [0.05, 0.1) is 24.7 Å². The molecule has 0 atom stereocenters. The molecule has 7 heteroatoms. The molecule has 1 aromatic carbocycles. The lowest BCUT2D eigenvalue weighted by Gasteiger charge is -2.11. The second-order valence-electron chi connectivity index (χ2n) is 3.75. The molecule has 1 aromatic heterocycles. The molecule has 0 fully saturated rings. The molecule has 104 valence electrons. The molecule has 2 rings (SSSR count). The quantitative estimate of drug-likeness (QED) is 0.939. The number of ether oxygens (including phenoxy) is 1. The molecule has 0 radical (unpaired) electrons. The highest BCUT2D eigenvalue weighted by atomic mass is 35.5. The molecular formula is C13H11Cl2N3O2. The summed E-state index contributed by atoms with van der Waals surface area (Å²) in [6.07, 6.45) is 2.68. The number of carbonyl (C=O) groups is 1. The molecule has 0 unspecified atom stereocenters. The summed E-state index contributed by atoms with van der Waals surface area (Å²) in [5, 5.41) is 3.30. The van der Waals surface area contributed by atoms with E-state index < -0.39 is 5.91 Å². The van der Waals surface area contributed by atoms with Gasteiger partial charge in [-0.1, -0.05) is 23.2 Å². The number of nitrogens with zero attached hydrogens (tertiary/aromatic N) is 2. The lowest BCUT2D eigenvalue weighted by Crippen LogP contribution is -2.15. The van der Waals surface area contributed by atoms with E-state index in [1.165, 1.54) is 12.4 Å². The Morgan fingerprint density at radius 1 is 1.35 bits per heavy atom. The van der Waals surface area contributed by atoms with Crippen molar-refractivity contribution in [2.45, 2.75) is 6.92 Å². The Labute approximate surface area is 125 Å². The molecule has 2 aromatic rings. The zero-order valence-corrected chi connectivity index (χ0v) is 12.1. The smallest absolute Gasteiger partial charge is 0.276 e. The Morgan fingerprint density at radius 2 is 2.15 bits per heavy atom. The van der Waals surface area contributed by atoms with Crippen molar-refractivity contribution >= 4 is 34.8 Å². The summed E-state index contributed by atoms with van der Waals surface area (Å²) in [6.45, 7) is 2.32. The van der Waals surface area contributed by atoms with Crippen LogP contribution in [0.4, 0.5) is 5.69 Å². The van der Waals surface area contributed by atoms with Gasteiger partial charge in [-0.05, 0) is 25.1 Å². The summed E-state index contributed by atoms with van der Waals surface area (Å²) in [7, 11) is 0. The normalized spacial score (nSPS) is 10.2.